The van der Waals surface area contributed by atoms with Crippen molar-refractivity contribution in [3.8, 4) is 28.8 Å². The van der Waals surface area contributed by atoms with E-state index >= 15 is 0 Å². The van der Waals surface area contributed by atoms with E-state index in [0.29, 0.717) is 27.6 Å². The van der Waals surface area contributed by atoms with E-state index in [1.807, 2.05) is 84.9 Å². The lowest BCUT2D eigenvalue weighted by Gasteiger charge is -2.09. The molecule has 0 unspecified atom stereocenters. The van der Waals surface area contributed by atoms with E-state index < -0.39 is 9.84 Å². The molecule has 5 rings (SSSR count). The highest BCUT2D eigenvalue weighted by atomic mass is 35.5. The van der Waals surface area contributed by atoms with Crippen LogP contribution in [0, 0.1) is 11.3 Å². The molecule has 0 atom stereocenters. The van der Waals surface area contributed by atoms with Crippen LogP contribution in [0.4, 0.5) is 0 Å². The molecule has 0 aliphatic carbocycles. The summed E-state index contributed by atoms with van der Waals surface area (Å²) < 4.78 is 34.1. The smallest absolute Gasteiger partial charge is 0.216 e. The zero-order valence-electron chi connectivity index (χ0n) is 20.6. The molecule has 6 nitrogen and oxygen atoms in total. The van der Waals surface area contributed by atoms with Crippen molar-refractivity contribution in [2.24, 2.45) is 0 Å². The Labute approximate surface area is 231 Å². The monoisotopic (exact) mass is 551 g/mol. The first-order valence-corrected chi connectivity index (χ1v) is 13.9. The summed E-state index contributed by atoms with van der Waals surface area (Å²) in [5.74, 6) is 0.592. The second-order valence-electron chi connectivity index (χ2n) is 8.56. The van der Waals surface area contributed by atoms with E-state index in [2.05, 4.69) is 0 Å². The molecule has 0 radical (unpaired) electrons. The Morgan fingerprint density at radius 3 is 2.33 bits per heavy atom. The fraction of sp³-hybridized carbons (Fsp3) is 0.0323. The second-order valence-corrected chi connectivity index (χ2v) is 10.9. The minimum atomic E-state index is -4.03. The van der Waals surface area contributed by atoms with E-state index in [1.165, 1.54) is 18.2 Å². The number of rotatable bonds is 8. The van der Waals surface area contributed by atoms with Gasteiger partial charge in [0.25, 0.3) is 0 Å². The fourth-order valence-corrected chi connectivity index (χ4v) is 5.34. The summed E-state index contributed by atoms with van der Waals surface area (Å²) in [6.45, 7) is 0.280. The Kier molecular flexibility index (Phi) is 7.60. The van der Waals surface area contributed by atoms with E-state index in [9.17, 15) is 13.7 Å². The summed E-state index contributed by atoms with van der Waals surface area (Å²) in [7, 11) is -4.03. The van der Waals surface area contributed by atoms with Gasteiger partial charge in [0.05, 0.1) is 10.6 Å². The molecule has 0 saturated heterocycles. The highest BCUT2D eigenvalue weighted by Crippen LogP contribution is 2.31. The molecule has 0 amide bonds. The van der Waals surface area contributed by atoms with Gasteiger partial charge >= 0.3 is 0 Å². The van der Waals surface area contributed by atoms with Gasteiger partial charge in [0.2, 0.25) is 9.84 Å². The van der Waals surface area contributed by atoms with Crippen molar-refractivity contribution < 1.29 is 13.2 Å². The van der Waals surface area contributed by atoms with Crippen LogP contribution in [0.15, 0.2) is 125 Å². The molecule has 0 aliphatic rings. The molecule has 0 bridgehead atoms. The molecule has 0 aliphatic heterocycles. The quantitative estimate of drug-likeness (QED) is 0.192. The number of allylic oxidation sites excluding steroid dienone is 1. The molecule has 1 aromatic heterocycles. The maximum Gasteiger partial charge on any atom is 0.216 e. The molecule has 1 heterocycles. The summed E-state index contributed by atoms with van der Waals surface area (Å²) in [6, 6.07) is 34.0. The number of benzene rings is 4. The van der Waals surface area contributed by atoms with Gasteiger partial charge in [-0.05, 0) is 48.5 Å². The van der Waals surface area contributed by atoms with Crippen molar-refractivity contribution in [3.63, 3.8) is 0 Å². The van der Waals surface area contributed by atoms with Crippen molar-refractivity contribution in [2.75, 3.05) is 0 Å². The lowest BCUT2D eigenvalue weighted by molar-refractivity contribution is 0.306. The van der Waals surface area contributed by atoms with E-state index in [-0.39, 0.29) is 16.4 Å². The lowest BCUT2D eigenvalue weighted by Crippen LogP contribution is -2.03. The van der Waals surface area contributed by atoms with Gasteiger partial charge in [-0.1, -0.05) is 78.3 Å². The summed E-state index contributed by atoms with van der Waals surface area (Å²) in [6.07, 6.45) is 3.07. The van der Waals surface area contributed by atoms with Crippen LogP contribution in [-0.4, -0.2) is 18.2 Å². The Hall–Kier alpha value is -4.64. The molecule has 0 fully saturated rings. The van der Waals surface area contributed by atoms with Crippen LogP contribution in [0.3, 0.4) is 0 Å². The SMILES string of the molecule is N#C/C(=C/c1cn(-c2ccccc2)nc1-c1cccc(OCc2ccccc2Cl)c1)S(=O)(=O)c1ccccc1. The second kappa shape index (κ2) is 11.4. The molecule has 5 aromatic rings. The van der Waals surface area contributed by atoms with Crippen LogP contribution >= 0.6 is 11.6 Å². The molecular weight excluding hydrogens is 530 g/mol. The van der Waals surface area contributed by atoms with Crippen LogP contribution < -0.4 is 4.74 Å². The number of sulfone groups is 1. The molecule has 192 valence electrons. The third-order valence-electron chi connectivity index (χ3n) is 5.96. The number of aromatic nitrogens is 2. The van der Waals surface area contributed by atoms with Crippen LogP contribution in [0.25, 0.3) is 23.0 Å². The zero-order valence-corrected chi connectivity index (χ0v) is 22.2. The summed E-state index contributed by atoms with van der Waals surface area (Å²) >= 11 is 6.27. The normalized spacial score (nSPS) is 11.6. The van der Waals surface area contributed by atoms with Gasteiger partial charge in [-0.15, -0.1) is 0 Å². The minimum absolute atomic E-state index is 0.0461. The largest absolute Gasteiger partial charge is 0.489 e. The summed E-state index contributed by atoms with van der Waals surface area (Å²) in [4.78, 5) is -0.335. The number of hydrogen-bond donors (Lipinski definition) is 0. The molecule has 39 heavy (non-hydrogen) atoms. The predicted molar refractivity (Wildman–Crippen MR) is 152 cm³/mol. The third kappa shape index (κ3) is 5.78. The highest BCUT2D eigenvalue weighted by Gasteiger charge is 2.22. The Bertz CT molecular complexity index is 1790. The number of halogens is 1. The van der Waals surface area contributed by atoms with Gasteiger partial charge in [0, 0.05) is 27.9 Å². The lowest BCUT2D eigenvalue weighted by atomic mass is 10.1. The molecular formula is C31H22ClN3O3S. The van der Waals surface area contributed by atoms with E-state index in [1.54, 1.807) is 29.1 Å². The van der Waals surface area contributed by atoms with Crippen molar-refractivity contribution >= 4 is 27.5 Å². The van der Waals surface area contributed by atoms with E-state index in [0.717, 1.165) is 11.3 Å². The zero-order chi connectivity index (χ0) is 27.2. The average Bonchev–Trinajstić information content (AvgIpc) is 3.40. The van der Waals surface area contributed by atoms with Gasteiger partial charge in [-0.25, -0.2) is 13.1 Å². The molecule has 0 saturated carbocycles. The number of ether oxygens (including phenoxy) is 1. The number of para-hydroxylation sites is 1. The van der Waals surface area contributed by atoms with Crippen molar-refractivity contribution in [1.29, 1.82) is 5.26 Å². The Morgan fingerprint density at radius 2 is 1.62 bits per heavy atom. The van der Waals surface area contributed by atoms with Crippen LogP contribution in [0.2, 0.25) is 5.02 Å². The van der Waals surface area contributed by atoms with Crippen molar-refractivity contribution in [1.82, 2.24) is 9.78 Å². The number of hydrogen-bond acceptors (Lipinski definition) is 5. The van der Waals surface area contributed by atoms with Crippen LogP contribution in [0.5, 0.6) is 5.75 Å². The van der Waals surface area contributed by atoms with Crippen LogP contribution in [-0.2, 0) is 16.4 Å². The summed E-state index contributed by atoms with van der Waals surface area (Å²) in [5, 5.41) is 15.2. The van der Waals surface area contributed by atoms with Crippen molar-refractivity contribution in [2.45, 2.75) is 11.5 Å². The van der Waals surface area contributed by atoms with Crippen molar-refractivity contribution in [3.05, 3.63) is 136 Å². The number of nitrogens with zero attached hydrogens (tertiary/aromatic N) is 3. The first-order chi connectivity index (χ1) is 19.0. The molecule has 4 aromatic carbocycles. The first-order valence-electron chi connectivity index (χ1n) is 12.0. The predicted octanol–water partition coefficient (Wildman–Crippen LogP) is 7.11. The van der Waals surface area contributed by atoms with Gasteiger partial charge in [-0.2, -0.15) is 10.4 Å². The van der Waals surface area contributed by atoms with Gasteiger partial charge in [0.15, 0.2) is 0 Å². The maximum atomic E-state index is 13.2. The van der Waals surface area contributed by atoms with Gasteiger partial charge in [0.1, 0.15) is 29.0 Å². The molecule has 0 spiro atoms. The molecule has 0 N–H and O–H groups in total. The average molecular weight is 552 g/mol. The minimum Gasteiger partial charge on any atom is -0.489 e. The van der Waals surface area contributed by atoms with E-state index in [4.69, 9.17) is 21.4 Å². The summed E-state index contributed by atoms with van der Waals surface area (Å²) in [5.41, 5.74) is 3.30. The topological polar surface area (TPSA) is 85.0 Å². The number of nitriles is 1. The maximum absolute atomic E-state index is 13.2. The standard InChI is InChI=1S/C31H22ClN3O3S/c32-30-17-8-7-10-24(30)22-38-27-14-9-11-23(18-27)31-25(21-35(34-31)26-12-3-1-4-13-26)19-29(20-33)39(36,37)28-15-5-2-6-16-28/h1-19,21H,22H2/b29-19-. The highest BCUT2D eigenvalue weighted by molar-refractivity contribution is 7.95. The fourth-order valence-electron chi connectivity index (χ4n) is 3.98. The van der Waals surface area contributed by atoms with Crippen LogP contribution in [0.1, 0.15) is 11.1 Å². The first kappa shape index (κ1) is 26.0. The molecule has 8 heteroatoms. The third-order valence-corrected chi connectivity index (χ3v) is 8.01. The Balaban J connectivity index is 1.57. The van der Waals surface area contributed by atoms with Gasteiger partial charge < -0.3 is 4.74 Å². The van der Waals surface area contributed by atoms with Gasteiger partial charge in [-0.3, -0.25) is 0 Å². The Morgan fingerprint density at radius 1 is 0.923 bits per heavy atom.